The minimum absolute atomic E-state index is 0.190. The first-order valence-electron chi connectivity index (χ1n) is 8.47. The van der Waals surface area contributed by atoms with E-state index in [2.05, 4.69) is 24.1 Å². The molecule has 1 saturated carbocycles. The SMILES string of the molecule is CC(C)(CNC(=O)C(F)=CC1CCCCC1)N1CCOCC1. The summed E-state index contributed by atoms with van der Waals surface area (Å²) in [4.78, 5) is 14.2. The summed E-state index contributed by atoms with van der Waals surface area (Å²) < 4.78 is 19.4. The number of nitrogens with zero attached hydrogens (tertiary/aromatic N) is 1. The maximum atomic E-state index is 14.0. The second kappa shape index (κ2) is 8.06. The van der Waals surface area contributed by atoms with Crippen LogP contribution in [0.25, 0.3) is 0 Å². The maximum Gasteiger partial charge on any atom is 0.279 e. The highest BCUT2D eigenvalue weighted by molar-refractivity contribution is 5.91. The van der Waals surface area contributed by atoms with Crippen molar-refractivity contribution in [2.75, 3.05) is 32.8 Å². The van der Waals surface area contributed by atoms with Crippen LogP contribution in [0.3, 0.4) is 0 Å². The molecular weight excluding hydrogens is 283 g/mol. The molecule has 0 bridgehead atoms. The zero-order valence-corrected chi connectivity index (χ0v) is 13.9. The molecule has 0 aromatic rings. The van der Waals surface area contributed by atoms with Crippen LogP contribution >= 0.6 is 0 Å². The fourth-order valence-corrected chi connectivity index (χ4v) is 3.24. The first kappa shape index (κ1) is 17.4. The van der Waals surface area contributed by atoms with Crippen molar-refractivity contribution in [1.29, 1.82) is 0 Å². The minimum Gasteiger partial charge on any atom is -0.379 e. The number of ether oxygens (including phenoxy) is 1. The molecule has 1 amide bonds. The van der Waals surface area contributed by atoms with E-state index in [4.69, 9.17) is 4.74 Å². The molecule has 1 saturated heterocycles. The number of allylic oxidation sites excluding steroid dienone is 1. The number of carbonyl (C=O) groups excluding carboxylic acids is 1. The number of morpholine rings is 1. The van der Waals surface area contributed by atoms with Crippen LogP contribution in [-0.4, -0.2) is 49.2 Å². The number of amides is 1. The van der Waals surface area contributed by atoms with Crippen molar-refractivity contribution >= 4 is 5.91 Å². The molecular formula is C17H29FN2O2. The van der Waals surface area contributed by atoms with E-state index in [1.165, 1.54) is 12.5 Å². The first-order valence-corrected chi connectivity index (χ1v) is 8.47. The van der Waals surface area contributed by atoms with Crippen molar-refractivity contribution in [3.8, 4) is 0 Å². The van der Waals surface area contributed by atoms with Crippen LogP contribution in [0.1, 0.15) is 46.0 Å². The van der Waals surface area contributed by atoms with Gasteiger partial charge in [0, 0.05) is 25.2 Å². The quantitative estimate of drug-likeness (QED) is 0.794. The predicted molar refractivity (Wildman–Crippen MR) is 85.2 cm³/mol. The zero-order valence-electron chi connectivity index (χ0n) is 13.9. The van der Waals surface area contributed by atoms with Gasteiger partial charge in [0.25, 0.3) is 5.91 Å². The third kappa shape index (κ3) is 5.06. The number of carbonyl (C=O) groups is 1. The van der Waals surface area contributed by atoms with Crippen molar-refractivity contribution < 1.29 is 13.9 Å². The Hall–Kier alpha value is -0.940. The lowest BCUT2D eigenvalue weighted by atomic mass is 9.89. The highest BCUT2D eigenvalue weighted by atomic mass is 19.1. The van der Waals surface area contributed by atoms with E-state index in [0.29, 0.717) is 19.8 Å². The van der Waals surface area contributed by atoms with Crippen LogP contribution < -0.4 is 5.32 Å². The highest BCUT2D eigenvalue weighted by Gasteiger charge is 2.29. The fraction of sp³-hybridized carbons (Fsp3) is 0.824. The standard InChI is InChI=1S/C17H29FN2O2/c1-17(2,20-8-10-22-11-9-20)13-19-16(21)15(18)12-14-6-4-3-5-7-14/h12,14H,3-11,13H2,1-2H3,(H,19,21). The van der Waals surface area contributed by atoms with E-state index in [-0.39, 0.29) is 11.5 Å². The molecule has 0 radical (unpaired) electrons. The third-order valence-electron chi connectivity index (χ3n) is 4.80. The molecule has 0 aromatic carbocycles. The monoisotopic (exact) mass is 312 g/mol. The summed E-state index contributed by atoms with van der Waals surface area (Å²) >= 11 is 0. The molecule has 2 aliphatic rings. The molecule has 22 heavy (non-hydrogen) atoms. The van der Waals surface area contributed by atoms with Crippen LogP contribution in [0.5, 0.6) is 0 Å². The van der Waals surface area contributed by atoms with Crippen LogP contribution in [0.2, 0.25) is 0 Å². The Balaban J connectivity index is 1.81. The van der Waals surface area contributed by atoms with Crippen molar-refractivity contribution in [1.82, 2.24) is 10.2 Å². The van der Waals surface area contributed by atoms with E-state index in [1.54, 1.807) is 0 Å². The normalized spacial score (nSPS) is 22.6. The molecule has 0 atom stereocenters. The number of halogens is 1. The van der Waals surface area contributed by atoms with Crippen LogP contribution in [0.4, 0.5) is 4.39 Å². The average Bonchev–Trinajstić information content (AvgIpc) is 2.54. The van der Waals surface area contributed by atoms with E-state index in [9.17, 15) is 9.18 Å². The van der Waals surface area contributed by atoms with E-state index in [1.807, 2.05) is 0 Å². The van der Waals surface area contributed by atoms with Gasteiger partial charge in [-0.1, -0.05) is 19.3 Å². The molecule has 0 unspecified atom stereocenters. The Morgan fingerprint density at radius 1 is 1.27 bits per heavy atom. The molecule has 1 heterocycles. The third-order valence-corrected chi connectivity index (χ3v) is 4.80. The van der Waals surface area contributed by atoms with Gasteiger partial charge in [0.2, 0.25) is 0 Å². The van der Waals surface area contributed by atoms with Gasteiger partial charge >= 0.3 is 0 Å². The van der Waals surface area contributed by atoms with E-state index >= 15 is 0 Å². The number of hydrogen-bond donors (Lipinski definition) is 1. The fourth-order valence-electron chi connectivity index (χ4n) is 3.24. The predicted octanol–water partition coefficient (Wildman–Crippen LogP) is 2.65. The van der Waals surface area contributed by atoms with Gasteiger partial charge in [0.05, 0.1) is 13.2 Å². The first-order chi connectivity index (χ1) is 10.5. The lowest BCUT2D eigenvalue weighted by molar-refractivity contribution is -0.119. The highest BCUT2D eigenvalue weighted by Crippen LogP contribution is 2.26. The zero-order chi connectivity index (χ0) is 16.0. The molecule has 2 fully saturated rings. The topological polar surface area (TPSA) is 41.6 Å². The lowest BCUT2D eigenvalue weighted by Crippen LogP contribution is -2.55. The van der Waals surface area contributed by atoms with Crippen molar-refractivity contribution in [3.63, 3.8) is 0 Å². The molecule has 1 aliphatic carbocycles. The van der Waals surface area contributed by atoms with Gasteiger partial charge in [-0.15, -0.1) is 0 Å². The number of nitrogens with one attached hydrogen (secondary N) is 1. The minimum atomic E-state index is -0.621. The molecule has 4 nitrogen and oxygen atoms in total. The summed E-state index contributed by atoms with van der Waals surface area (Å²) in [5.41, 5.74) is -0.190. The molecule has 2 rings (SSSR count). The Bertz CT molecular complexity index is 397. The van der Waals surface area contributed by atoms with Gasteiger partial charge in [-0.25, -0.2) is 4.39 Å². The lowest BCUT2D eigenvalue weighted by Gasteiger charge is -2.40. The average molecular weight is 312 g/mol. The van der Waals surface area contributed by atoms with Crippen LogP contribution in [0, 0.1) is 5.92 Å². The molecule has 126 valence electrons. The van der Waals surface area contributed by atoms with Gasteiger partial charge in [0.1, 0.15) is 0 Å². The second-order valence-electron chi connectivity index (χ2n) is 7.01. The Labute approximate surface area is 133 Å². The second-order valence-corrected chi connectivity index (χ2v) is 7.01. The van der Waals surface area contributed by atoms with Gasteiger partial charge in [-0.05, 0) is 38.7 Å². The molecule has 5 heteroatoms. The van der Waals surface area contributed by atoms with Gasteiger partial charge in [0.15, 0.2) is 5.83 Å². The summed E-state index contributed by atoms with van der Waals surface area (Å²) in [6, 6.07) is 0. The Morgan fingerprint density at radius 2 is 1.91 bits per heavy atom. The smallest absolute Gasteiger partial charge is 0.279 e. The van der Waals surface area contributed by atoms with E-state index in [0.717, 1.165) is 38.8 Å². The van der Waals surface area contributed by atoms with Crippen LogP contribution in [-0.2, 0) is 9.53 Å². The van der Waals surface area contributed by atoms with Gasteiger partial charge in [-0.3, -0.25) is 9.69 Å². The summed E-state index contributed by atoms with van der Waals surface area (Å²) in [7, 11) is 0. The summed E-state index contributed by atoms with van der Waals surface area (Å²) in [5.74, 6) is -0.969. The maximum absolute atomic E-state index is 14.0. The van der Waals surface area contributed by atoms with Crippen molar-refractivity contribution in [3.05, 3.63) is 11.9 Å². The largest absolute Gasteiger partial charge is 0.379 e. The molecule has 0 spiro atoms. The Morgan fingerprint density at radius 3 is 2.55 bits per heavy atom. The van der Waals surface area contributed by atoms with Crippen LogP contribution in [0.15, 0.2) is 11.9 Å². The van der Waals surface area contributed by atoms with Crippen molar-refractivity contribution in [2.24, 2.45) is 5.92 Å². The number of rotatable bonds is 5. The molecule has 1 aliphatic heterocycles. The summed E-state index contributed by atoms with van der Waals surface area (Å²) in [6.07, 6.45) is 7.03. The molecule has 0 aromatic heterocycles. The molecule has 1 N–H and O–H groups in total. The van der Waals surface area contributed by atoms with Crippen molar-refractivity contribution in [2.45, 2.75) is 51.5 Å². The van der Waals surface area contributed by atoms with Gasteiger partial charge in [-0.2, -0.15) is 0 Å². The summed E-state index contributed by atoms with van der Waals surface area (Å²) in [5, 5.41) is 2.74. The summed E-state index contributed by atoms with van der Waals surface area (Å²) in [6.45, 7) is 7.72. The Kier molecular flexibility index (Phi) is 6.38. The van der Waals surface area contributed by atoms with E-state index < -0.39 is 11.7 Å². The van der Waals surface area contributed by atoms with Gasteiger partial charge < -0.3 is 10.1 Å². The number of hydrogen-bond acceptors (Lipinski definition) is 3.